The second-order valence-corrected chi connectivity index (χ2v) is 10.8. The van der Waals surface area contributed by atoms with Crippen molar-refractivity contribution in [2.75, 3.05) is 26.2 Å². The highest BCUT2D eigenvalue weighted by Gasteiger charge is 2.20. The summed E-state index contributed by atoms with van der Waals surface area (Å²) in [6.45, 7) is 5.04. The van der Waals surface area contributed by atoms with Crippen LogP contribution < -0.4 is 10.6 Å². The van der Waals surface area contributed by atoms with Gasteiger partial charge in [0.15, 0.2) is 4.96 Å². The van der Waals surface area contributed by atoms with Gasteiger partial charge in [-0.3, -0.25) is 9.20 Å². The maximum Gasteiger partial charge on any atom is 0.269 e. The number of imidazole rings is 1. The van der Waals surface area contributed by atoms with Gasteiger partial charge in [-0.15, -0.1) is 0 Å². The molecule has 2 aliphatic rings. The van der Waals surface area contributed by atoms with Crippen LogP contribution in [0, 0.1) is 0 Å². The smallest absolute Gasteiger partial charge is 0.269 e. The number of likely N-dealkylation sites (tertiary alicyclic amines) is 1. The van der Waals surface area contributed by atoms with Gasteiger partial charge in [0.05, 0.1) is 22.1 Å². The van der Waals surface area contributed by atoms with Crippen LogP contribution in [0.3, 0.4) is 0 Å². The van der Waals surface area contributed by atoms with Gasteiger partial charge < -0.3 is 15.5 Å². The lowest BCUT2D eigenvalue weighted by Crippen LogP contribution is -2.33. The van der Waals surface area contributed by atoms with Crippen molar-refractivity contribution in [3.8, 4) is 11.3 Å². The Balaban J connectivity index is 1.09. The van der Waals surface area contributed by atoms with E-state index in [0.717, 1.165) is 45.9 Å². The number of carbonyl (C=O) groups is 1. The number of hydrogen-bond donors (Lipinski definition) is 2. The molecule has 1 aliphatic heterocycles. The first-order valence-corrected chi connectivity index (χ1v) is 13.7. The number of thiazole rings is 1. The summed E-state index contributed by atoms with van der Waals surface area (Å²) in [4.78, 5) is 25.4. The molecule has 7 nitrogen and oxygen atoms in total. The number of benzene rings is 1. The van der Waals surface area contributed by atoms with E-state index in [-0.39, 0.29) is 5.91 Å². The van der Waals surface area contributed by atoms with Crippen LogP contribution in [0.15, 0.2) is 42.7 Å². The summed E-state index contributed by atoms with van der Waals surface area (Å²) in [6, 6.07) is 11.2. The molecule has 1 saturated heterocycles. The highest BCUT2D eigenvalue weighted by Crippen LogP contribution is 2.29. The van der Waals surface area contributed by atoms with Gasteiger partial charge in [0.25, 0.3) is 5.91 Å². The number of rotatable bonds is 9. The minimum atomic E-state index is -0.103. The summed E-state index contributed by atoms with van der Waals surface area (Å²) < 4.78 is 3.10. The van der Waals surface area contributed by atoms with E-state index in [4.69, 9.17) is 4.98 Å². The first kappa shape index (κ1) is 22.6. The summed E-state index contributed by atoms with van der Waals surface area (Å²) in [5.74, 6) is -0.103. The van der Waals surface area contributed by atoms with Crippen LogP contribution in [0.1, 0.15) is 54.6 Å². The van der Waals surface area contributed by atoms with E-state index in [1.54, 1.807) is 17.5 Å². The Hall–Kier alpha value is -2.81. The van der Waals surface area contributed by atoms with Gasteiger partial charge in [-0.25, -0.2) is 9.97 Å². The zero-order valence-corrected chi connectivity index (χ0v) is 20.8. The molecule has 1 aliphatic carbocycles. The van der Waals surface area contributed by atoms with Crippen LogP contribution in [-0.2, 0) is 6.54 Å². The summed E-state index contributed by atoms with van der Waals surface area (Å²) in [6.07, 6.45) is 11.4. The Bertz CT molecular complexity index is 1320. The maximum absolute atomic E-state index is 12.6. The third kappa shape index (κ3) is 5.24. The minimum Gasteiger partial charge on any atom is -0.351 e. The molecule has 1 aromatic carbocycles. The summed E-state index contributed by atoms with van der Waals surface area (Å²) in [7, 11) is 0. The maximum atomic E-state index is 12.6. The van der Waals surface area contributed by atoms with Crippen LogP contribution in [0.25, 0.3) is 26.4 Å². The number of pyridine rings is 1. The first-order valence-electron chi connectivity index (χ1n) is 12.8. The van der Waals surface area contributed by atoms with E-state index in [2.05, 4.69) is 55.4 Å². The lowest BCUT2D eigenvalue weighted by atomic mass is 10.1. The summed E-state index contributed by atoms with van der Waals surface area (Å²) in [5.41, 5.74) is 4.81. The molecule has 0 unspecified atom stereocenters. The molecule has 0 atom stereocenters. The zero-order chi connectivity index (χ0) is 23.6. The molecular formula is C27H32N6OS. The molecule has 1 amide bonds. The molecule has 0 radical (unpaired) electrons. The molecule has 2 fully saturated rings. The monoisotopic (exact) mass is 488 g/mol. The second kappa shape index (κ2) is 10.0. The summed E-state index contributed by atoms with van der Waals surface area (Å²) in [5, 5.41) is 6.59. The fourth-order valence-corrected chi connectivity index (χ4v) is 5.80. The molecule has 4 heterocycles. The highest BCUT2D eigenvalue weighted by molar-refractivity contribution is 7.23. The SMILES string of the molecule is O=C(NCCCN1CCCCC1)c1cc2sc3nc(-c4ccc(CNC5CC5)cc4)cn3c2cn1. The number of piperidine rings is 1. The Morgan fingerprint density at radius 3 is 2.74 bits per heavy atom. The van der Waals surface area contributed by atoms with Crippen molar-refractivity contribution in [3.05, 3.63) is 54.0 Å². The van der Waals surface area contributed by atoms with E-state index < -0.39 is 0 Å². The average Bonchev–Trinajstić information content (AvgIpc) is 3.54. The van der Waals surface area contributed by atoms with E-state index in [1.807, 2.05) is 6.07 Å². The van der Waals surface area contributed by atoms with Gasteiger partial charge in [-0.2, -0.15) is 0 Å². The Morgan fingerprint density at radius 1 is 1.11 bits per heavy atom. The van der Waals surface area contributed by atoms with Crippen LogP contribution in [0.4, 0.5) is 0 Å². The molecule has 6 rings (SSSR count). The number of amides is 1. The molecule has 35 heavy (non-hydrogen) atoms. The number of nitrogens with zero attached hydrogens (tertiary/aromatic N) is 4. The molecule has 3 aromatic heterocycles. The lowest BCUT2D eigenvalue weighted by molar-refractivity contribution is 0.0946. The van der Waals surface area contributed by atoms with Crippen LogP contribution in [0.5, 0.6) is 0 Å². The largest absolute Gasteiger partial charge is 0.351 e. The normalized spacial score (nSPS) is 16.8. The second-order valence-electron chi connectivity index (χ2n) is 9.78. The third-order valence-electron chi connectivity index (χ3n) is 7.02. The number of hydrogen-bond acceptors (Lipinski definition) is 6. The van der Waals surface area contributed by atoms with Gasteiger partial charge in [0.2, 0.25) is 0 Å². The van der Waals surface area contributed by atoms with Crippen molar-refractivity contribution in [2.45, 2.75) is 51.1 Å². The molecule has 0 spiro atoms. The van der Waals surface area contributed by atoms with Crippen molar-refractivity contribution in [1.29, 1.82) is 0 Å². The fraction of sp³-hybridized carbons (Fsp3) is 0.444. The van der Waals surface area contributed by atoms with Gasteiger partial charge >= 0.3 is 0 Å². The van der Waals surface area contributed by atoms with Crippen molar-refractivity contribution in [1.82, 2.24) is 29.9 Å². The standard InChI is InChI=1S/C27H32N6OS/c34-26(28-11-4-14-32-12-2-1-3-13-32)22-15-25-24(17-30-22)33-18-23(31-27(33)35-25)20-7-5-19(6-8-20)16-29-21-9-10-21/h5-8,15,17-18,21,29H,1-4,9-14,16H2,(H,28,34). The molecule has 0 bridgehead atoms. The number of carbonyl (C=O) groups excluding carboxylic acids is 1. The number of nitrogens with one attached hydrogen (secondary N) is 2. The lowest BCUT2D eigenvalue weighted by Gasteiger charge is -2.26. The molecular weight excluding hydrogens is 456 g/mol. The zero-order valence-electron chi connectivity index (χ0n) is 20.0. The van der Waals surface area contributed by atoms with Crippen LogP contribution >= 0.6 is 11.3 Å². The van der Waals surface area contributed by atoms with Gasteiger partial charge in [-0.1, -0.05) is 42.0 Å². The number of fused-ring (bicyclic) bond motifs is 3. The molecule has 4 aromatic rings. The predicted octanol–water partition coefficient (Wildman–Crippen LogP) is 4.47. The number of aromatic nitrogens is 3. The van der Waals surface area contributed by atoms with Crippen molar-refractivity contribution < 1.29 is 4.79 Å². The molecule has 2 N–H and O–H groups in total. The molecule has 182 valence electrons. The van der Waals surface area contributed by atoms with Crippen LogP contribution in [-0.4, -0.2) is 57.4 Å². The Kier molecular flexibility index (Phi) is 6.50. The van der Waals surface area contributed by atoms with Crippen molar-refractivity contribution >= 4 is 32.4 Å². The molecule has 8 heteroatoms. The van der Waals surface area contributed by atoms with Gasteiger partial charge in [0.1, 0.15) is 5.69 Å². The third-order valence-corrected chi connectivity index (χ3v) is 8.04. The Labute approximate surface area is 209 Å². The van der Waals surface area contributed by atoms with Crippen molar-refractivity contribution in [3.63, 3.8) is 0 Å². The topological polar surface area (TPSA) is 74.6 Å². The van der Waals surface area contributed by atoms with Gasteiger partial charge in [0, 0.05) is 30.9 Å². The van der Waals surface area contributed by atoms with E-state index in [1.165, 1.54) is 50.8 Å². The first-order chi connectivity index (χ1) is 17.2. The predicted molar refractivity (Wildman–Crippen MR) is 141 cm³/mol. The minimum absolute atomic E-state index is 0.103. The highest BCUT2D eigenvalue weighted by atomic mass is 32.1. The molecule has 1 saturated carbocycles. The van der Waals surface area contributed by atoms with Crippen molar-refractivity contribution in [2.24, 2.45) is 0 Å². The average molecular weight is 489 g/mol. The van der Waals surface area contributed by atoms with E-state index >= 15 is 0 Å². The summed E-state index contributed by atoms with van der Waals surface area (Å²) >= 11 is 1.59. The van der Waals surface area contributed by atoms with E-state index in [9.17, 15) is 4.79 Å². The fourth-order valence-electron chi connectivity index (χ4n) is 4.78. The van der Waals surface area contributed by atoms with Crippen LogP contribution in [0.2, 0.25) is 0 Å². The quantitative estimate of drug-likeness (QED) is 0.340. The van der Waals surface area contributed by atoms with E-state index in [0.29, 0.717) is 18.3 Å². The Morgan fingerprint density at radius 2 is 1.94 bits per heavy atom. The van der Waals surface area contributed by atoms with Gasteiger partial charge in [-0.05, 0) is 63.4 Å².